The number of nitrogens with zero attached hydrogens (tertiary/aromatic N) is 1. The summed E-state index contributed by atoms with van der Waals surface area (Å²) in [6.45, 7) is 2.06. The van der Waals surface area contributed by atoms with Crippen molar-refractivity contribution in [2.45, 2.75) is 18.9 Å². The van der Waals surface area contributed by atoms with Gasteiger partial charge in [-0.3, -0.25) is 4.79 Å². The molecule has 1 aromatic rings. The van der Waals surface area contributed by atoms with Gasteiger partial charge in [-0.1, -0.05) is 11.6 Å². The number of carbonyl (C=O) groups excluding carboxylic acids is 1. The molecule has 0 atom stereocenters. The molecule has 0 spiro atoms. The summed E-state index contributed by atoms with van der Waals surface area (Å²) in [6.07, 6.45) is 1.99. The number of ether oxygens (including phenoxy) is 1. The van der Waals surface area contributed by atoms with Crippen LogP contribution >= 0.6 is 34.5 Å². The molecule has 1 aliphatic rings. The number of hydrogen-bond acceptors (Lipinski definition) is 3. The molecule has 2 heterocycles. The van der Waals surface area contributed by atoms with E-state index < -0.39 is 0 Å². The molecule has 0 radical (unpaired) electrons. The van der Waals surface area contributed by atoms with Crippen molar-refractivity contribution in [3.05, 3.63) is 21.3 Å². The van der Waals surface area contributed by atoms with Crippen molar-refractivity contribution in [2.75, 3.05) is 25.6 Å². The number of rotatable bonds is 4. The van der Waals surface area contributed by atoms with Crippen molar-refractivity contribution >= 4 is 40.4 Å². The van der Waals surface area contributed by atoms with Crippen molar-refractivity contribution < 1.29 is 9.53 Å². The zero-order valence-electron chi connectivity index (χ0n) is 9.90. The fourth-order valence-corrected chi connectivity index (χ4v) is 3.12. The number of piperidine rings is 1. The Morgan fingerprint density at radius 1 is 1.44 bits per heavy atom. The average molecular weight is 308 g/mol. The van der Waals surface area contributed by atoms with E-state index in [1.54, 1.807) is 12.1 Å². The van der Waals surface area contributed by atoms with Gasteiger partial charge in [0.15, 0.2) is 0 Å². The lowest BCUT2D eigenvalue weighted by Crippen LogP contribution is -2.40. The lowest BCUT2D eigenvalue weighted by Gasteiger charge is -2.31. The van der Waals surface area contributed by atoms with E-state index in [-0.39, 0.29) is 12.0 Å². The molecular weight excluding hydrogens is 293 g/mol. The summed E-state index contributed by atoms with van der Waals surface area (Å²) in [7, 11) is 0. The highest BCUT2D eigenvalue weighted by Crippen LogP contribution is 2.24. The molecule has 1 amide bonds. The van der Waals surface area contributed by atoms with Crippen LogP contribution in [0.3, 0.4) is 0 Å². The summed E-state index contributed by atoms with van der Waals surface area (Å²) in [4.78, 5) is 14.7. The zero-order chi connectivity index (χ0) is 13.0. The van der Waals surface area contributed by atoms with Gasteiger partial charge in [0.2, 0.25) is 0 Å². The molecule has 0 aromatic carbocycles. The quantitative estimate of drug-likeness (QED) is 0.799. The molecule has 18 heavy (non-hydrogen) atoms. The molecule has 1 aliphatic heterocycles. The Morgan fingerprint density at radius 2 is 2.17 bits per heavy atom. The predicted molar refractivity (Wildman–Crippen MR) is 74.9 cm³/mol. The molecule has 1 fully saturated rings. The van der Waals surface area contributed by atoms with Crippen LogP contribution in [0.15, 0.2) is 12.1 Å². The summed E-state index contributed by atoms with van der Waals surface area (Å²) < 4.78 is 6.23. The molecule has 6 heteroatoms. The maximum atomic E-state index is 12.1. The lowest BCUT2D eigenvalue weighted by molar-refractivity contribution is 0.0155. The standard InChI is InChI=1S/C12H15Cl2NO2S/c13-5-8-17-9-3-6-15(7-4-9)12(16)10-1-2-11(14)18-10/h1-2,9H,3-8H2. The summed E-state index contributed by atoms with van der Waals surface area (Å²) in [5.41, 5.74) is 0. The fraction of sp³-hybridized carbons (Fsp3) is 0.583. The predicted octanol–water partition coefficient (Wildman–Crippen LogP) is 3.26. The van der Waals surface area contributed by atoms with E-state index in [0.29, 0.717) is 21.7 Å². The third-order valence-electron chi connectivity index (χ3n) is 2.94. The van der Waals surface area contributed by atoms with E-state index in [1.807, 2.05) is 4.90 Å². The highest BCUT2D eigenvalue weighted by atomic mass is 35.5. The zero-order valence-corrected chi connectivity index (χ0v) is 12.2. The number of carbonyl (C=O) groups is 1. The van der Waals surface area contributed by atoms with E-state index >= 15 is 0 Å². The SMILES string of the molecule is O=C(c1ccc(Cl)s1)N1CCC(OCCCl)CC1. The molecule has 0 bridgehead atoms. The smallest absolute Gasteiger partial charge is 0.263 e. The normalized spacial score (nSPS) is 17.1. The van der Waals surface area contributed by atoms with Crippen molar-refractivity contribution in [3.8, 4) is 0 Å². The minimum absolute atomic E-state index is 0.0719. The van der Waals surface area contributed by atoms with Gasteiger partial charge in [0.05, 0.1) is 21.9 Å². The Kier molecular flexibility index (Phi) is 5.30. The first-order valence-electron chi connectivity index (χ1n) is 5.93. The number of alkyl halides is 1. The van der Waals surface area contributed by atoms with Gasteiger partial charge in [-0.2, -0.15) is 0 Å². The first-order chi connectivity index (χ1) is 8.70. The number of halogens is 2. The van der Waals surface area contributed by atoms with Crippen LogP contribution in [0.2, 0.25) is 4.34 Å². The van der Waals surface area contributed by atoms with Gasteiger partial charge in [-0.15, -0.1) is 22.9 Å². The minimum atomic E-state index is 0.0719. The van der Waals surface area contributed by atoms with Gasteiger partial charge in [0.1, 0.15) is 0 Å². The summed E-state index contributed by atoms with van der Waals surface area (Å²) in [6, 6.07) is 3.54. The van der Waals surface area contributed by atoms with Gasteiger partial charge >= 0.3 is 0 Å². The van der Waals surface area contributed by atoms with Gasteiger partial charge in [-0.25, -0.2) is 0 Å². The van der Waals surface area contributed by atoms with Gasteiger partial charge in [0.25, 0.3) is 5.91 Å². The molecule has 1 aromatic heterocycles. The van der Waals surface area contributed by atoms with Crippen LogP contribution in [0.25, 0.3) is 0 Å². The van der Waals surface area contributed by atoms with Crippen molar-refractivity contribution in [1.82, 2.24) is 4.90 Å². The second-order valence-corrected chi connectivity index (χ2v) is 6.25. The first kappa shape index (κ1) is 14.1. The Labute approximate surface area is 121 Å². The number of amides is 1. The van der Waals surface area contributed by atoms with Crippen LogP contribution in [0.4, 0.5) is 0 Å². The van der Waals surface area contributed by atoms with Crippen LogP contribution in [0.5, 0.6) is 0 Å². The van der Waals surface area contributed by atoms with Crippen molar-refractivity contribution in [3.63, 3.8) is 0 Å². The number of hydrogen-bond donors (Lipinski definition) is 0. The second-order valence-electron chi connectivity index (χ2n) is 4.16. The monoisotopic (exact) mass is 307 g/mol. The fourth-order valence-electron chi connectivity index (χ4n) is 2.02. The molecule has 0 N–H and O–H groups in total. The van der Waals surface area contributed by atoms with Gasteiger partial charge < -0.3 is 9.64 Å². The Balaban J connectivity index is 1.84. The maximum Gasteiger partial charge on any atom is 0.263 e. The van der Waals surface area contributed by atoms with Crippen LogP contribution in [0, 0.1) is 0 Å². The number of thiophene rings is 1. The first-order valence-corrected chi connectivity index (χ1v) is 7.66. The summed E-state index contributed by atoms with van der Waals surface area (Å²) in [5, 5.41) is 0. The molecule has 1 saturated heterocycles. The second kappa shape index (κ2) is 6.75. The van der Waals surface area contributed by atoms with E-state index in [0.717, 1.165) is 25.9 Å². The largest absolute Gasteiger partial charge is 0.377 e. The third-order valence-corrected chi connectivity index (χ3v) is 4.32. The van der Waals surface area contributed by atoms with E-state index in [1.165, 1.54) is 11.3 Å². The number of likely N-dealkylation sites (tertiary alicyclic amines) is 1. The van der Waals surface area contributed by atoms with Gasteiger partial charge in [-0.05, 0) is 25.0 Å². The highest BCUT2D eigenvalue weighted by molar-refractivity contribution is 7.17. The third kappa shape index (κ3) is 3.60. The van der Waals surface area contributed by atoms with E-state index in [9.17, 15) is 4.79 Å². The lowest BCUT2D eigenvalue weighted by atomic mass is 10.1. The molecule has 3 nitrogen and oxygen atoms in total. The van der Waals surface area contributed by atoms with Crippen LogP contribution < -0.4 is 0 Å². The summed E-state index contributed by atoms with van der Waals surface area (Å²) in [5.74, 6) is 0.593. The van der Waals surface area contributed by atoms with Crippen LogP contribution in [0.1, 0.15) is 22.5 Å². The molecule has 0 aliphatic carbocycles. The van der Waals surface area contributed by atoms with Crippen molar-refractivity contribution in [2.24, 2.45) is 0 Å². The topological polar surface area (TPSA) is 29.5 Å². The Hall–Kier alpha value is -0.290. The Bertz CT molecular complexity index is 403. The molecular formula is C12H15Cl2NO2S. The van der Waals surface area contributed by atoms with Gasteiger partial charge in [0, 0.05) is 19.0 Å². The average Bonchev–Trinajstić information content (AvgIpc) is 2.83. The van der Waals surface area contributed by atoms with E-state index in [2.05, 4.69) is 0 Å². The van der Waals surface area contributed by atoms with Crippen molar-refractivity contribution in [1.29, 1.82) is 0 Å². The molecule has 0 saturated carbocycles. The minimum Gasteiger partial charge on any atom is -0.377 e. The summed E-state index contributed by atoms with van der Waals surface area (Å²) >= 11 is 12.8. The molecule has 2 rings (SSSR count). The molecule has 100 valence electrons. The Morgan fingerprint density at radius 3 is 2.72 bits per heavy atom. The maximum absolute atomic E-state index is 12.1. The van der Waals surface area contributed by atoms with Crippen LogP contribution in [-0.2, 0) is 4.74 Å². The van der Waals surface area contributed by atoms with Crippen LogP contribution in [-0.4, -0.2) is 42.5 Å². The highest BCUT2D eigenvalue weighted by Gasteiger charge is 2.24. The van der Waals surface area contributed by atoms with E-state index in [4.69, 9.17) is 27.9 Å². The molecule has 0 unspecified atom stereocenters.